The molecule has 18 heteroatoms. The Kier molecular flexibility index (Phi) is 13.8. The molecule has 3 saturated heterocycles. The second kappa shape index (κ2) is 19.0. The van der Waals surface area contributed by atoms with Crippen molar-refractivity contribution in [1.82, 2.24) is 39.1 Å². The van der Waals surface area contributed by atoms with Crippen LogP contribution in [0.25, 0.3) is 33.4 Å². The summed E-state index contributed by atoms with van der Waals surface area (Å²) in [7, 11) is -1.70. The number of urea groups is 1. The number of aryl methyl sites for hydroxylation is 1. The molecule has 1 spiro atoms. The van der Waals surface area contributed by atoms with Crippen LogP contribution in [0.15, 0.2) is 41.9 Å². The van der Waals surface area contributed by atoms with Crippen molar-refractivity contribution >= 4 is 56.0 Å². The fourth-order valence-corrected chi connectivity index (χ4v) is 12.6. The molecule has 3 amide bonds. The van der Waals surface area contributed by atoms with Crippen molar-refractivity contribution < 1.29 is 37.4 Å². The van der Waals surface area contributed by atoms with E-state index in [1.54, 1.807) is 25.1 Å². The number of carbonyl (C=O) groups is 4. The van der Waals surface area contributed by atoms with E-state index in [1.165, 1.54) is 31.8 Å². The van der Waals surface area contributed by atoms with Crippen molar-refractivity contribution in [3.05, 3.63) is 58.2 Å². The molecule has 0 unspecified atom stereocenters. The summed E-state index contributed by atoms with van der Waals surface area (Å²) in [6.45, 7) is 14.0. The molecule has 16 nitrogen and oxygen atoms in total. The fourth-order valence-electron chi connectivity index (χ4n) is 10.9. The number of aliphatic hydroxyl groups excluding tert-OH is 1. The molecule has 4 atom stereocenters. The van der Waals surface area contributed by atoms with Crippen molar-refractivity contribution in [3.8, 4) is 22.5 Å². The summed E-state index contributed by atoms with van der Waals surface area (Å²) in [6, 6.07) is 8.28. The monoisotopic (exact) mass is 958 g/mol. The molecule has 4 aliphatic rings. The zero-order valence-corrected chi connectivity index (χ0v) is 41.7. The molecule has 3 fully saturated rings. The fraction of sp³-hybridized carbons (Fsp3) is 0.592. The average Bonchev–Trinajstić information content (AvgIpc) is 3.88. The van der Waals surface area contributed by atoms with Crippen LogP contribution in [0, 0.1) is 17.3 Å². The molecule has 7 heterocycles. The van der Waals surface area contributed by atoms with Crippen LogP contribution in [0.4, 0.5) is 4.79 Å². The standard InChI is InChI=1S/C49H66N8O8S2/c1-9-55-39-15-14-32-24-35(39)36(44(55)34-12-10-19-50-42(34)31(4)58)27-48(5,6)29-65-46(61)37-13-11-20-57(52-37)45(60)33(26-41-51-38(32)28-66-41)25-40(59)43(30(2)3)53(7)47(62)56-23-18-49(56)16-21-54(22-17-49)67(8,63)64/h10,12,14-15,19,24,28,30-31,33,37,43,52,58H,9,11,13,16-18,20-23,25-27,29H2,1-8H3/t31-,33-,37-,43-/m0/s1. The number of ether oxygens (including phenoxy) is 1. The molecule has 8 rings (SSSR count). The van der Waals surface area contributed by atoms with Crippen molar-refractivity contribution in [2.75, 3.05) is 46.1 Å². The maximum atomic E-state index is 14.7. The van der Waals surface area contributed by atoms with Gasteiger partial charge in [0.05, 0.1) is 53.0 Å². The molecule has 1 aromatic carbocycles. The Morgan fingerprint density at radius 2 is 1.81 bits per heavy atom. The topological polar surface area (TPSA) is 188 Å². The number of thiazole rings is 1. The van der Waals surface area contributed by atoms with E-state index in [0.29, 0.717) is 75.5 Å². The van der Waals surface area contributed by atoms with Crippen LogP contribution in [-0.4, -0.2) is 135 Å². The Morgan fingerprint density at radius 1 is 1.07 bits per heavy atom. The number of cyclic esters (lactones) is 1. The number of ketones is 1. The minimum atomic E-state index is -3.34. The summed E-state index contributed by atoms with van der Waals surface area (Å²) in [5.41, 5.74) is 8.21. The number of sulfonamides is 1. The number of nitrogens with one attached hydrogen (secondary N) is 1. The number of aliphatic hydroxyl groups is 1. The van der Waals surface area contributed by atoms with Gasteiger partial charge < -0.3 is 24.2 Å². The van der Waals surface area contributed by atoms with Gasteiger partial charge in [-0.3, -0.25) is 24.4 Å². The van der Waals surface area contributed by atoms with E-state index in [4.69, 9.17) is 9.72 Å². The van der Waals surface area contributed by atoms with Gasteiger partial charge in [0.15, 0.2) is 5.78 Å². The van der Waals surface area contributed by atoms with Crippen LogP contribution in [-0.2, 0) is 48.5 Å². The van der Waals surface area contributed by atoms with E-state index in [0.717, 1.165) is 45.4 Å². The van der Waals surface area contributed by atoms with Gasteiger partial charge in [-0.1, -0.05) is 33.8 Å². The number of rotatable bonds is 9. The van der Waals surface area contributed by atoms with Gasteiger partial charge in [0, 0.05) is 97.2 Å². The van der Waals surface area contributed by atoms with Crippen LogP contribution in [0.2, 0.25) is 0 Å². The highest BCUT2D eigenvalue weighted by molar-refractivity contribution is 7.88. The number of hydrazine groups is 1. The third-order valence-corrected chi connectivity index (χ3v) is 16.6. The number of Topliss-reactive ketones (excluding diaryl/α,β-unsaturated/α-hetero) is 1. The molecule has 2 N–H and O–H groups in total. The maximum Gasteiger partial charge on any atom is 0.324 e. The quantitative estimate of drug-likeness (QED) is 0.182. The number of fused-ring (bicyclic) bond motifs is 6. The van der Waals surface area contributed by atoms with Gasteiger partial charge in [0.2, 0.25) is 15.9 Å². The molecule has 4 aliphatic heterocycles. The first kappa shape index (κ1) is 48.7. The van der Waals surface area contributed by atoms with Crippen molar-refractivity contribution in [1.29, 1.82) is 0 Å². The summed E-state index contributed by atoms with van der Waals surface area (Å²) in [5, 5.41) is 16.0. The van der Waals surface area contributed by atoms with E-state index in [1.807, 2.05) is 37.4 Å². The van der Waals surface area contributed by atoms with E-state index in [2.05, 4.69) is 47.9 Å². The molecule has 6 bridgehead atoms. The molecule has 0 saturated carbocycles. The molecule has 3 aromatic heterocycles. The number of likely N-dealkylation sites (tertiary alicyclic amines) is 1. The Balaban J connectivity index is 1.13. The number of likely N-dealkylation sites (N-methyl/N-ethyl adjacent to an activating group) is 1. The molecule has 0 aliphatic carbocycles. The predicted octanol–water partition coefficient (Wildman–Crippen LogP) is 6.22. The second-order valence-corrected chi connectivity index (χ2v) is 23.2. The second-order valence-electron chi connectivity index (χ2n) is 20.2. The Labute approximate surface area is 398 Å². The molecule has 4 aromatic rings. The lowest BCUT2D eigenvalue weighted by molar-refractivity contribution is -0.156. The molecule has 67 heavy (non-hydrogen) atoms. The summed E-state index contributed by atoms with van der Waals surface area (Å²) in [6.07, 6.45) is 5.47. The maximum absolute atomic E-state index is 14.7. The predicted molar refractivity (Wildman–Crippen MR) is 257 cm³/mol. The first-order valence-corrected chi connectivity index (χ1v) is 26.4. The van der Waals surface area contributed by atoms with Crippen LogP contribution in [0.3, 0.4) is 0 Å². The SMILES string of the molecule is CCn1c(-c2cccnc2[C@H](C)O)c2c3cc(ccc31)-c1csc(n1)C[C@H](CC(=O)[C@H](C(C)C)N(C)C(=O)N1CCC13CCN(S(C)(=O)=O)CC3)C(=O)N1CCC[C@H](N1)C(=O)OCC(C)(C)C2. The van der Waals surface area contributed by atoms with Crippen LogP contribution in [0.1, 0.15) is 102 Å². The van der Waals surface area contributed by atoms with Gasteiger partial charge in [-0.2, -0.15) is 0 Å². The summed E-state index contributed by atoms with van der Waals surface area (Å²) < 4.78 is 34.3. The Hall–Kier alpha value is -4.75. The molecular weight excluding hydrogens is 893 g/mol. The van der Waals surface area contributed by atoms with Gasteiger partial charge in [-0.05, 0) is 88.1 Å². The number of piperidine rings is 1. The highest BCUT2D eigenvalue weighted by Gasteiger charge is 2.51. The normalized spacial score (nSPS) is 22.3. The van der Waals surface area contributed by atoms with Gasteiger partial charge >= 0.3 is 12.0 Å². The number of amides is 3. The number of hydrogen-bond acceptors (Lipinski definition) is 12. The lowest BCUT2D eigenvalue weighted by atomic mass is 9.77. The van der Waals surface area contributed by atoms with Crippen molar-refractivity contribution in [3.63, 3.8) is 0 Å². The van der Waals surface area contributed by atoms with Gasteiger partial charge in [0.1, 0.15) is 6.04 Å². The van der Waals surface area contributed by atoms with Gasteiger partial charge in [-0.15, -0.1) is 11.3 Å². The number of carbonyl (C=O) groups excluding carboxylic acids is 4. The third-order valence-electron chi connectivity index (χ3n) is 14.4. The van der Waals surface area contributed by atoms with Gasteiger partial charge in [0.25, 0.3) is 0 Å². The first-order valence-electron chi connectivity index (χ1n) is 23.7. The summed E-state index contributed by atoms with van der Waals surface area (Å²) >= 11 is 1.43. The van der Waals surface area contributed by atoms with E-state index >= 15 is 0 Å². The Morgan fingerprint density at radius 3 is 2.46 bits per heavy atom. The minimum Gasteiger partial charge on any atom is -0.464 e. The lowest BCUT2D eigenvalue weighted by Crippen LogP contribution is -2.69. The average molecular weight is 959 g/mol. The number of aromatic nitrogens is 3. The number of hydrogen-bond donors (Lipinski definition) is 2. The van der Waals surface area contributed by atoms with Gasteiger partial charge in [-0.25, -0.2) is 27.9 Å². The lowest BCUT2D eigenvalue weighted by Gasteiger charge is -2.57. The zero-order chi connectivity index (χ0) is 48.2. The Bertz CT molecular complexity index is 2650. The zero-order valence-electron chi connectivity index (χ0n) is 40.1. The minimum absolute atomic E-state index is 0.110. The van der Waals surface area contributed by atoms with E-state index in [-0.39, 0.29) is 43.1 Å². The highest BCUT2D eigenvalue weighted by atomic mass is 32.2. The van der Waals surface area contributed by atoms with Crippen molar-refractivity contribution in [2.24, 2.45) is 17.3 Å². The van der Waals surface area contributed by atoms with E-state index in [9.17, 15) is 32.7 Å². The van der Waals surface area contributed by atoms with Crippen molar-refractivity contribution in [2.45, 2.75) is 123 Å². The van der Waals surface area contributed by atoms with Crippen LogP contribution >= 0.6 is 11.3 Å². The highest BCUT2D eigenvalue weighted by Crippen LogP contribution is 2.43. The number of benzene rings is 1. The number of pyridine rings is 1. The molecule has 0 radical (unpaired) electrons. The van der Waals surface area contributed by atoms with E-state index < -0.39 is 51.1 Å². The van der Waals surface area contributed by atoms with Crippen LogP contribution in [0.5, 0.6) is 0 Å². The first-order chi connectivity index (χ1) is 31.7. The summed E-state index contributed by atoms with van der Waals surface area (Å²) in [4.78, 5) is 70.7. The van der Waals surface area contributed by atoms with Crippen LogP contribution < -0.4 is 5.43 Å². The molecule has 362 valence electrons. The summed E-state index contributed by atoms with van der Waals surface area (Å²) in [5.74, 6) is -2.17. The third kappa shape index (κ3) is 9.65. The largest absolute Gasteiger partial charge is 0.464 e. The number of esters is 1. The molecular formula is C49H66N8O8S2. The number of nitrogens with zero attached hydrogens (tertiary/aromatic N) is 7. The smallest absolute Gasteiger partial charge is 0.324 e.